The quantitative estimate of drug-likeness (QED) is 0.386. The fourth-order valence-corrected chi connectivity index (χ4v) is 2.54. The summed E-state index contributed by atoms with van der Waals surface area (Å²) in [4.78, 5) is 1.57. The number of oxime groups is 1. The molecule has 1 aliphatic rings. The van der Waals surface area contributed by atoms with Crippen molar-refractivity contribution in [2.45, 2.75) is 12.8 Å². The molecule has 5 nitrogen and oxygen atoms in total. The van der Waals surface area contributed by atoms with Crippen LogP contribution >= 0.6 is 0 Å². The first-order valence-electron chi connectivity index (χ1n) is 6.78. The van der Waals surface area contributed by atoms with Crippen molar-refractivity contribution in [2.24, 2.45) is 16.8 Å². The molecule has 21 heavy (non-hydrogen) atoms. The molecule has 1 aromatic carbocycles. The number of anilines is 1. The van der Waals surface area contributed by atoms with E-state index in [4.69, 9.17) is 15.7 Å². The molecular weight excluding hydrogens is 280 g/mol. The maximum atomic E-state index is 14.1. The molecule has 0 spiro atoms. The Morgan fingerprint density at radius 3 is 2.48 bits per heavy atom. The molecule has 0 aliphatic carbocycles. The summed E-state index contributed by atoms with van der Waals surface area (Å²) in [6.07, 6.45) is 1.77. The summed E-state index contributed by atoms with van der Waals surface area (Å²) in [5.74, 6) is -1.44. The summed E-state index contributed by atoms with van der Waals surface area (Å²) < 4.78 is 33.5. The van der Waals surface area contributed by atoms with E-state index in [1.807, 2.05) is 0 Å². The number of ether oxygens (including phenoxy) is 1. The lowest BCUT2D eigenvalue weighted by molar-refractivity contribution is 0.0684. The molecular formula is C14H19F2N3O2. The third-order valence-corrected chi connectivity index (χ3v) is 3.68. The largest absolute Gasteiger partial charge is 0.409 e. The van der Waals surface area contributed by atoms with Crippen molar-refractivity contribution < 1.29 is 18.7 Å². The van der Waals surface area contributed by atoms with E-state index >= 15 is 0 Å². The van der Waals surface area contributed by atoms with Crippen molar-refractivity contribution in [3.8, 4) is 0 Å². The molecule has 0 radical (unpaired) electrons. The van der Waals surface area contributed by atoms with Gasteiger partial charge >= 0.3 is 0 Å². The van der Waals surface area contributed by atoms with Gasteiger partial charge in [0.2, 0.25) is 0 Å². The highest BCUT2D eigenvalue weighted by molar-refractivity contribution is 5.97. The molecule has 2 rings (SSSR count). The van der Waals surface area contributed by atoms with Gasteiger partial charge in [0.15, 0.2) is 5.84 Å². The van der Waals surface area contributed by atoms with Gasteiger partial charge in [-0.3, -0.25) is 0 Å². The molecule has 7 heteroatoms. The average Bonchev–Trinajstić information content (AvgIpc) is 2.46. The number of rotatable bonds is 4. The molecule has 0 atom stereocenters. The smallest absolute Gasteiger partial charge is 0.170 e. The number of nitrogens with zero attached hydrogens (tertiary/aromatic N) is 2. The topological polar surface area (TPSA) is 71.1 Å². The second-order valence-electron chi connectivity index (χ2n) is 5.21. The molecule has 1 aliphatic heterocycles. The summed E-state index contributed by atoms with van der Waals surface area (Å²) in [7, 11) is 1.65. The number of hydrogen-bond donors (Lipinski definition) is 2. The standard InChI is InChI=1S/C14H19F2N3O2/c1-19(8-9-2-4-21-5-3-9)13-11(15)6-10(7-12(13)16)14(17)18-20/h6-7,9,20H,2-5,8H2,1H3,(H2,17,18). The number of halogens is 2. The van der Waals surface area contributed by atoms with Crippen LogP contribution in [0.2, 0.25) is 0 Å². The van der Waals surface area contributed by atoms with E-state index in [9.17, 15) is 8.78 Å². The summed E-state index contributed by atoms with van der Waals surface area (Å²) in [6.45, 7) is 1.93. The molecule has 1 heterocycles. The first kappa shape index (κ1) is 15.5. The zero-order valence-corrected chi connectivity index (χ0v) is 11.9. The van der Waals surface area contributed by atoms with Crippen LogP contribution in [0.15, 0.2) is 17.3 Å². The predicted molar refractivity (Wildman–Crippen MR) is 75.7 cm³/mol. The minimum Gasteiger partial charge on any atom is -0.409 e. The van der Waals surface area contributed by atoms with Gasteiger partial charge in [0.25, 0.3) is 0 Å². The maximum absolute atomic E-state index is 14.1. The van der Waals surface area contributed by atoms with Gasteiger partial charge in [0.05, 0.1) is 0 Å². The van der Waals surface area contributed by atoms with Crippen LogP contribution in [0.5, 0.6) is 0 Å². The Kier molecular flexibility index (Phi) is 4.95. The molecule has 0 unspecified atom stereocenters. The second kappa shape index (κ2) is 6.71. The van der Waals surface area contributed by atoms with E-state index in [-0.39, 0.29) is 17.1 Å². The number of hydrogen-bond acceptors (Lipinski definition) is 4. The predicted octanol–water partition coefficient (Wildman–Crippen LogP) is 1.92. The third-order valence-electron chi connectivity index (χ3n) is 3.68. The Morgan fingerprint density at radius 2 is 1.95 bits per heavy atom. The second-order valence-corrected chi connectivity index (χ2v) is 5.21. The molecule has 0 amide bonds. The zero-order valence-electron chi connectivity index (χ0n) is 11.9. The molecule has 0 bridgehead atoms. The molecule has 3 N–H and O–H groups in total. The fourth-order valence-electron chi connectivity index (χ4n) is 2.54. The SMILES string of the molecule is CN(CC1CCOCC1)c1c(F)cc(C(N)=NO)cc1F. The molecule has 1 saturated heterocycles. The van der Waals surface area contributed by atoms with Crippen molar-refractivity contribution in [1.29, 1.82) is 0 Å². The van der Waals surface area contributed by atoms with Crippen LogP contribution in [0, 0.1) is 17.6 Å². The number of benzene rings is 1. The number of amidine groups is 1. The zero-order chi connectivity index (χ0) is 15.4. The highest BCUT2D eigenvalue weighted by Crippen LogP contribution is 2.26. The summed E-state index contributed by atoms with van der Waals surface area (Å²) in [5, 5.41) is 11.3. The van der Waals surface area contributed by atoms with Gasteiger partial charge in [-0.1, -0.05) is 5.16 Å². The van der Waals surface area contributed by atoms with Gasteiger partial charge in [-0.25, -0.2) is 8.78 Å². The minimum absolute atomic E-state index is 0.00992. The fraction of sp³-hybridized carbons (Fsp3) is 0.500. The highest BCUT2D eigenvalue weighted by atomic mass is 19.1. The molecule has 1 aromatic rings. The third kappa shape index (κ3) is 3.60. The summed E-state index contributed by atoms with van der Waals surface area (Å²) in [6, 6.07) is 2.13. The number of nitrogens with two attached hydrogens (primary N) is 1. The summed E-state index contributed by atoms with van der Waals surface area (Å²) in [5.41, 5.74) is 5.26. The first-order chi connectivity index (χ1) is 10.0. The first-order valence-corrected chi connectivity index (χ1v) is 6.78. The maximum Gasteiger partial charge on any atom is 0.170 e. The van der Waals surface area contributed by atoms with Gasteiger partial charge in [0.1, 0.15) is 17.3 Å². The summed E-state index contributed by atoms with van der Waals surface area (Å²) >= 11 is 0. The Labute approximate surface area is 122 Å². The van der Waals surface area contributed by atoms with Gasteiger partial charge in [0, 0.05) is 32.4 Å². The average molecular weight is 299 g/mol. The van der Waals surface area contributed by atoms with Crippen molar-refractivity contribution >= 4 is 11.5 Å². The van der Waals surface area contributed by atoms with Gasteiger partial charge in [-0.2, -0.15) is 0 Å². The molecule has 116 valence electrons. The van der Waals surface area contributed by atoms with E-state index in [1.54, 1.807) is 11.9 Å². The van der Waals surface area contributed by atoms with E-state index < -0.39 is 11.6 Å². The van der Waals surface area contributed by atoms with Gasteiger partial charge in [-0.15, -0.1) is 0 Å². The Balaban J connectivity index is 2.18. The molecule has 1 fully saturated rings. The van der Waals surface area contributed by atoms with Crippen LogP contribution in [0.3, 0.4) is 0 Å². The van der Waals surface area contributed by atoms with E-state index in [0.29, 0.717) is 25.7 Å². The van der Waals surface area contributed by atoms with Crippen LogP contribution < -0.4 is 10.6 Å². The van der Waals surface area contributed by atoms with Crippen molar-refractivity contribution in [2.75, 3.05) is 31.7 Å². The van der Waals surface area contributed by atoms with E-state index in [2.05, 4.69) is 5.16 Å². The van der Waals surface area contributed by atoms with Crippen molar-refractivity contribution in [3.05, 3.63) is 29.3 Å². The van der Waals surface area contributed by atoms with Crippen LogP contribution in [0.25, 0.3) is 0 Å². The van der Waals surface area contributed by atoms with Crippen molar-refractivity contribution in [1.82, 2.24) is 0 Å². The lowest BCUT2D eigenvalue weighted by Gasteiger charge is -2.29. The van der Waals surface area contributed by atoms with Crippen LogP contribution in [0.4, 0.5) is 14.5 Å². The minimum atomic E-state index is -0.730. The Bertz CT molecular complexity index is 508. The van der Waals surface area contributed by atoms with Crippen LogP contribution in [-0.4, -0.2) is 37.8 Å². The lowest BCUT2D eigenvalue weighted by atomic mass is 9.99. The normalized spacial score (nSPS) is 17.0. The van der Waals surface area contributed by atoms with Crippen LogP contribution in [-0.2, 0) is 4.74 Å². The van der Waals surface area contributed by atoms with E-state index in [1.165, 1.54) is 0 Å². The monoisotopic (exact) mass is 299 g/mol. The Morgan fingerprint density at radius 1 is 1.38 bits per heavy atom. The Hall–Kier alpha value is -1.89. The van der Waals surface area contributed by atoms with Crippen molar-refractivity contribution in [3.63, 3.8) is 0 Å². The van der Waals surface area contributed by atoms with E-state index in [0.717, 1.165) is 25.0 Å². The van der Waals surface area contributed by atoms with Crippen LogP contribution in [0.1, 0.15) is 18.4 Å². The van der Waals surface area contributed by atoms with Gasteiger partial charge < -0.3 is 20.6 Å². The molecule has 0 saturated carbocycles. The van der Waals surface area contributed by atoms with Gasteiger partial charge in [-0.05, 0) is 30.9 Å². The lowest BCUT2D eigenvalue weighted by Crippen LogP contribution is -2.30. The molecule has 0 aromatic heterocycles. The highest BCUT2D eigenvalue weighted by Gasteiger charge is 2.21.